The van der Waals surface area contributed by atoms with E-state index >= 15 is 0 Å². The molecule has 0 aliphatic carbocycles. The average Bonchev–Trinajstić information content (AvgIpc) is 2.67. The standard InChI is InChI=1S/C12H19N3OS/c1-8-11(14-9(2)17-8)12(16)15-6-4-3-5-10(15)7-13/h10H,3-7,13H2,1-2H3/t10-/m0/s1. The van der Waals surface area contributed by atoms with Gasteiger partial charge in [0.2, 0.25) is 0 Å². The first-order chi connectivity index (χ1) is 8.13. The minimum Gasteiger partial charge on any atom is -0.333 e. The van der Waals surface area contributed by atoms with Gasteiger partial charge in [-0.2, -0.15) is 0 Å². The van der Waals surface area contributed by atoms with Crippen molar-refractivity contribution in [3.63, 3.8) is 0 Å². The lowest BCUT2D eigenvalue weighted by atomic mass is 10.0. The number of carbonyl (C=O) groups excluding carboxylic acids is 1. The summed E-state index contributed by atoms with van der Waals surface area (Å²) in [5.74, 6) is 0.0574. The maximum Gasteiger partial charge on any atom is 0.273 e. The Kier molecular flexibility index (Phi) is 3.79. The average molecular weight is 253 g/mol. The summed E-state index contributed by atoms with van der Waals surface area (Å²) in [6.45, 7) is 5.26. The molecule has 2 heterocycles. The van der Waals surface area contributed by atoms with Crippen LogP contribution < -0.4 is 5.73 Å². The van der Waals surface area contributed by atoms with Gasteiger partial charge in [0.1, 0.15) is 5.69 Å². The summed E-state index contributed by atoms with van der Waals surface area (Å²) in [4.78, 5) is 19.7. The molecule has 94 valence electrons. The molecule has 0 bridgehead atoms. The fourth-order valence-electron chi connectivity index (χ4n) is 2.38. The molecule has 5 heteroatoms. The Morgan fingerprint density at radius 1 is 1.53 bits per heavy atom. The van der Waals surface area contributed by atoms with Crippen molar-refractivity contribution < 1.29 is 4.79 Å². The lowest BCUT2D eigenvalue weighted by Crippen LogP contribution is -2.47. The minimum atomic E-state index is 0.0574. The Morgan fingerprint density at radius 2 is 2.29 bits per heavy atom. The fraction of sp³-hybridized carbons (Fsp3) is 0.667. The topological polar surface area (TPSA) is 59.2 Å². The minimum absolute atomic E-state index is 0.0574. The lowest BCUT2D eigenvalue weighted by Gasteiger charge is -2.34. The summed E-state index contributed by atoms with van der Waals surface area (Å²) in [7, 11) is 0. The van der Waals surface area contributed by atoms with Crippen molar-refractivity contribution >= 4 is 17.2 Å². The third kappa shape index (κ3) is 2.50. The molecule has 2 N–H and O–H groups in total. The van der Waals surface area contributed by atoms with Crippen LogP contribution in [0.2, 0.25) is 0 Å². The van der Waals surface area contributed by atoms with Crippen molar-refractivity contribution in [3.05, 3.63) is 15.6 Å². The summed E-state index contributed by atoms with van der Waals surface area (Å²) in [6.07, 6.45) is 3.26. The van der Waals surface area contributed by atoms with Crippen LogP contribution >= 0.6 is 11.3 Å². The van der Waals surface area contributed by atoms with Crippen LogP contribution in [0.25, 0.3) is 0 Å². The first-order valence-corrected chi connectivity index (χ1v) is 6.90. The molecule has 4 nitrogen and oxygen atoms in total. The van der Waals surface area contributed by atoms with Crippen LogP contribution in [-0.2, 0) is 0 Å². The maximum atomic E-state index is 12.4. The molecule has 1 aromatic heterocycles. The monoisotopic (exact) mass is 253 g/mol. The van der Waals surface area contributed by atoms with Crippen LogP contribution in [0.15, 0.2) is 0 Å². The smallest absolute Gasteiger partial charge is 0.273 e. The predicted molar refractivity (Wildman–Crippen MR) is 69.3 cm³/mol. The maximum absolute atomic E-state index is 12.4. The van der Waals surface area contributed by atoms with Gasteiger partial charge in [-0.3, -0.25) is 4.79 Å². The zero-order chi connectivity index (χ0) is 12.4. The molecule has 0 spiro atoms. The number of nitrogens with zero attached hydrogens (tertiary/aromatic N) is 2. The van der Waals surface area contributed by atoms with Crippen LogP contribution in [0.5, 0.6) is 0 Å². The van der Waals surface area contributed by atoms with E-state index in [0.29, 0.717) is 12.2 Å². The Morgan fingerprint density at radius 3 is 2.88 bits per heavy atom. The highest BCUT2D eigenvalue weighted by Crippen LogP contribution is 2.22. The first-order valence-electron chi connectivity index (χ1n) is 6.08. The van der Waals surface area contributed by atoms with E-state index in [4.69, 9.17) is 5.73 Å². The molecule has 2 rings (SSSR count). The highest BCUT2D eigenvalue weighted by atomic mass is 32.1. The summed E-state index contributed by atoms with van der Waals surface area (Å²) < 4.78 is 0. The number of nitrogens with two attached hydrogens (primary N) is 1. The zero-order valence-electron chi connectivity index (χ0n) is 10.4. The van der Waals surface area contributed by atoms with Gasteiger partial charge in [0.25, 0.3) is 5.91 Å². The molecule has 1 aliphatic rings. The van der Waals surface area contributed by atoms with Crippen molar-refractivity contribution in [2.75, 3.05) is 13.1 Å². The third-order valence-electron chi connectivity index (χ3n) is 3.27. The van der Waals surface area contributed by atoms with Crippen LogP contribution in [0.1, 0.15) is 39.6 Å². The fourth-order valence-corrected chi connectivity index (χ4v) is 3.19. The molecule has 1 amide bonds. The van der Waals surface area contributed by atoms with Crippen molar-refractivity contribution in [2.24, 2.45) is 5.73 Å². The van der Waals surface area contributed by atoms with Gasteiger partial charge in [0, 0.05) is 24.0 Å². The van der Waals surface area contributed by atoms with E-state index in [2.05, 4.69) is 4.98 Å². The van der Waals surface area contributed by atoms with Gasteiger partial charge in [-0.05, 0) is 33.1 Å². The number of carbonyl (C=O) groups is 1. The van der Waals surface area contributed by atoms with E-state index in [1.165, 1.54) is 6.42 Å². The number of thiazole rings is 1. The Hall–Kier alpha value is -0.940. The number of aromatic nitrogens is 1. The Balaban J connectivity index is 2.21. The largest absolute Gasteiger partial charge is 0.333 e. The molecule has 1 aliphatic heterocycles. The molecule has 0 aromatic carbocycles. The van der Waals surface area contributed by atoms with E-state index in [9.17, 15) is 4.79 Å². The van der Waals surface area contributed by atoms with Gasteiger partial charge in [0.05, 0.1) is 5.01 Å². The van der Waals surface area contributed by atoms with Crippen LogP contribution in [0, 0.1) is 13.8 Å². The second-order valence-corrected chi connectivity index (χ2v) is 5.93. The molecule has 0 saturated carbocycles. The van der Waals surface area contributed by atoms with E-state index in [1.54, 1.807) is 11.3 Å². The third-order valence-corrected chi connectivity index (χ3v) is 4.15. The van der Waals surface area contributed by atoms with Crippen molar-refractivity contribution in [2.45, 2.75) is 39.2 Å². The molecule has 0 unspecified atom stereocenters. The summed E-state index contributed by atoms with van der Waals surface area (Å²) in [6, 6.07) is 0.192. The highest BCUT2D eigenvalue weighted by Gasteiger charge is 2.28. The number of amides is 1. The summed E-state index contributed by atoms with van der Waals surface area (Å²) in [5.41, 5.74) is 6.36. The quantitative estimate of drug-likeness (QED) is 0.873. The summed E-state index contributed by atoms with van der Waals surface area (Å²) >= 11 is 1.58. The molecule has 1 saturated heterocycles. The van der Waals surface area contributed by atoms with E-state index < -0.39 is 0 Å². The Bertz CT molecular complexity index is 416. The lowest BCUT2D eigenvalue weighted by molar-refractivity contribution is 0.0617. The molecule has 17 heavy (non-hydrogen) atoms. The normalized spacial score (nSPS) is 20.6. The van der Waals surface area contributed by atoms with Crippen molar-refractivity contribution in [1.29, 1.82) is 0 Å². The molecular formula is C12H19N3OS. The second kappa shape index (κ2) is 5.14. The van der Waals surface area contributed by atoms with Gasteiger partial charge in [-0.25, -0.2) is 4.98 Å². The van der Waals surface area contributed by atoms with Gasteiger partial charge in [-0.1, -0.05) is 0 Å². The predicted octanol–water partition coefficient (Wildman–Crippen LogP) is 1.71. The van der Waals surface area contributed by atoms with Gasteiger partial charge in [0.15, 0.2) is 0 Å². The molecule has 1 atom stereocenters. The van der Waals surface area contributed by atoms with Crippen LogP contribution in [-0.4, -0.2) is 34.9 Å². The van der Waals surface area contributed by atoms with Crippen molar-refractivity contribution in [3.8, 4) is 0 Å². The zero-order valence-corrected chi connectivity index (χ0v) is 11.2. The van der Waals surface area contributed by atoms with Gasteiger partial charge in [-0.15, -0.1) is 11.3 Å². The Labute approximate surface area is 106 Å². The highest BCUT2D eigenvalue weighted by molar-refractivity contribution is 7.11. The number of piperidine rings is 1. The van der Waals surface area contributed by atoms with Crippen LogP contribution in [0.4, 0.5) is 0 Å². The summed E-state index contributed by atoms with van der Waals surface area (Å²) in [5, 5.41) is 0.951. The van der Waals surface area contributed by atoms with E-state index in [0.717, 1.165) is 29.3 Å². The SMILES string of the molecule is Cc1nc(C(=O)N2CCCC[C@H]2CN)c(C)s1. The number of hydrogen-bond acceptors (Lipinski definition) is 4. The van der Waals surface area contributed by atoms with Crippen molar-refractivity contribution in [1.82, 2.24) is 9.88 Å². The number of aryl methyl sites for hydroxylation is 2. The number of hydrogen-bond donors (Lipinski definition) is 1. The van der Waals surface area contributed by atoms with E-state index in [-0.39, 0.29) is 11.9 Å². The second-order valence-electron chi connectivity index (χ2n) is 4.52. The van der Waals surface area contributed by atoms with Gasteiger partial charge < -0.3 is 10.6 Å². The molecule has 1 aromatic rings. The van der Waals surface area contributed by atoms with Crippen LogP contribution in [0.3, 0.4) is 0 Å². The van der Waals surface area contributed by atoms with E-state index in [1.807, 2.05) is 18.7 Å². The first kappa shape index (κ1) is 12.5. The molecular weight excluding hydrogens is 234 g/mol. The van der Waals surface area contributed by atoms with Gasteiger partial charge >= 0.3 is 0 Å². The molecule has 0 radical (unpaired) electrons. The molecule has 1 fully saturated rings. The number of likely N-dealkylation sites (tertiary alicyclic amines) is 1. The number of rotatable bonds is 2.